The molecule has 1 aliphatic rings. The summed E-state index contributed by atoms with van der Waals surface area (Å²) in [5, 5.41) is 18.4. The van der Waals surface area contributed by atoms with Gasteiger partial charge in [-0.3, -0.25) is 4.79 Å². The smallest absolute Gasteiger partial charge is 0.309 e. The molecule has 1 heterocycles. The number of carboxylic acid groups (broad SMARTS) is 1. The van der Waals surface area contributed by atoms with Gasteiger partial charge in [0.1, 0.15) is 5.82 Å². The molecule has 0 aliphatic heterocycles. The van der Waals surface area contributed by atoms with E-state index in [1.807, 2.05) is 12.1 Å². The summed E-state index contributed by atoms with van der Waals surface area (Å²) in [4.78, 5) is 11.9. The molecule has 0 spiro atoms. The minimum atomic E-state index is -0.764. The van der Waals surface area contributed by atoms with Gasteiger partial charge in [-0.05, 0) is 73.6 Å². The van der Waals surface area contributed by atoms with Crippen molar-refractivity contribution in [1.29, 1.82) is 5.41 Å². The van der Waals surface area contributed by atoms with Crippen LogP contribution in [0.25, 0.3) is 16.6 Å². The lowest BCUT2D eigenvalue weighted by Gasteiger charge is -2.18. The minimum absolute atomic E-state index is 0.104. The minimum Gasteiger partial charge on any atom is -0.481 e. The maximum Gasteiger partial charge on any atom is 0.309 e. The Balaban J connectivity index is 2.08. The van der Waals surface area contributed by atoms with Crippen LogP contribution < -0.4 is 5.73 Å². The summed E-state index contributed by atoms with van der Waals surface area (Å²) in [5.41, 5.74) is 10.7. The molecule has 30 heavy (non-hydrogen) atoms. The number of nitrogens with zero attached hydrogens (tertiary/aromatic N) is 1. The van der Waals surface area contributed by atoms with Crippen molar-refractivity contribution in [2.45, 2.75) is 46.0 Å². The second-order valence-electron chi connectivity index (χ2n) is 8.69. The first-order valence-electron chi connectivity index (χ1n) is 10.2. The monoisotopic (exact) mass is 407 g/mol. The van der Waals surface area contributed by atoms with Crippen LogP contribution in [0.2, 0.25) is 0 Å². The van der Waals surface area contributed by atoms with E-state index >= 15 is 0 Å². The molecular formula is C24H26FN3O2. The highest BCUT2D eigenvalue weighted by atomic mass is 19.1. The van der Waals surface area contributed by atoms with E-state index in [1.54, 1.807) is 19.1 Å². The van der Waals surface area contributed by atoms with Crippen LogP contribution in [0, 0.1) is 23.6 Å². The van der Waals surface area contributed by atoms with Gasteiger partial charge in [-0.1, -0.05) is 13.8 Å². The van der Waals surface area contributed by atoms with Crippen molar-refractivity contribution in [3.63, 3.8) is 0 Å². The summed E-state index contributed by atoms with van der Waals surface area (Å²) in [7, 11) is 0. The van der Waals surface area contributed by atoms with Gasteiger partial charge in [0.15, 0.2) is 0 Å². The molecule has 6 heteroatoms. The predicted molar refractivity (Wildman–Crippen MR) is 117 cm³/mol. The summed E-state index contributed by atoms with van der Waals surface area (Å²) in [5.74, 6) is -0.930. The van der Waals surface area contributed by atoms with Crippen LogP contribution >= 0.6 is 0 Å². The molecule has 156 valence electrons. The number of hydrogen-bond acceptors (Lipinski definition) is 3. The third kappa shape index (κ3) is 3.07. The average molecular weight is 407 g/mol. The number of nitrogens with two attached hydrogens (primary N) is 1. The zero-order chi connectivity index (χ0) is 21.8. The molecule has 0 amide bonds. The largest absolute Gasteiger partial charge is 0.481 e. The zero-order valence-corrected chi connectivity index (χ0v) is 17.4. The standard InChI is InChI=1S/C24H26FN3O2/c1-13(2)22-18(11-24(6-7-24)23(29)30)17-10-20(27)15(12-26)9-21(17)28(22)16-4-5-19(25)14(3)8-16/h4-5,8-10,12-13,26H,6-7,11,27H2,1-3H3,(H,29,30). The highest BCUT2D eigenvalue weighted by Crippen LogP contribution is 2.51. The number of carboxylic acids is 1. The highest BCUT2D eigenvalue weighted by molar-refractivity contribution is 5.98. The van der Waals surface area contributed by atoms with Crippen molar-refractivity contribution < 1.29 is 14.3 Å². The van der Waals surface area contributed by atoms with Crippen molar-refractivity contribution >= 4 is 28.8 Å². The molecule has 0 saturated heterocycles. The average Bonchev–Trinajstić information content (AvgIpc) is 3.41. The number of aliphatic carboxylic acids is 1. The number of nitrogen functional groups attached to an aromatic ring is 1. The van der Waals surface area contributed by atoms with Gasteiger partial charge in [0.25, 0.3) is 0 Å². The number of anilines is 1. The number of carbonyl (C=O) groups is 1. The molecule has 4 N–H and O–H groups in total. The number of rotatable bonds is 6. The van der Waals surface area contributed by atoms with E-state index in [-0.39, 0.29) is 11.7 Å². The number of nitrogens with one attached hydrogen (secondary N) is 1. The Morgan fingerprint density at radius 2 is 2.03 bits per heavy atom. The van der Waals surface area contributed by atoms with Crippen LogP contribution in [-0.4, -0.2) is 21.9 Å². The van der Waals surface area contributed by atoms with E-state index in [0.717, 1.165) is 27.8 Å². The summed E-state index contributed by atoms with van der Waals surface area (Å²) in [6, 6.07) is 8.71. The van der Waals surface area contributed by atoms with Gasteiger partial charge in [-0.2, -0.15) is 0 Å². The third-order valence-corrected chi connectivity index (χ3v) is 6.24. The van der Waals surface area contributed by atoms with E-state index in [0.29, 0.717) is 36.1 Å². The van der Waals surface area contributed by atoms with E-state index in [9.17, 15) is 14.3 Å². The molecule has 3 aromatic rings. The Kier molecular flexibility index (Phi) is 4.68. The summed E-state index contributed by atoms with van der Waals surface area (Å²) >= 11 is 0. The van der Waals surface area contributed by atoms with Crippen LogP contribution in [0.15, 0.2) is 30.3 Å². The van der Waals surface area contributed by atoms with Gasteiger partial charge in [0, 0.05) is 34.2 Å². The summed E-state index contributed by atoms with van der Waals surface area (Å²) in [6.07, 6.45) is 2.98. The van der Waals surface area contributed by atoms with E-state index < -0.39 is 11.4 Å². The van der Waals surface area contributed by atoms with Crippen LogP contribution in [0.5, 0.6) is 0 Å². The molecule has 0 bridgehead atoms. The first-order valence-corrected chi connectivity index (χ1v) is 10.2. The Labute approximate surface area is 174 Å². The number of halogens is 1. The predicted octanol–water partition coefficient (Wildman–Crippen LogP) is 5.19. The Morgan fingerprint density at radius 3 is 2.57 bits per heavy atom. The van der Waals surface area contributed by atoms with Gasteiger partial charge in [-0.25, -0.2) is 4.39 Å². The topological polar surface area (TPSA) is 92.1 Å². The normalized spacial score (nSPS) is 15.0. The van der Waals surface area contributed by atoms with Crippen LogP contribution in [0.4, 0.5) is 10.1 Å². The molecule has 4 rings (SSSR count). The molecule has 1 aliphatic carbocycles. The number of fused-ring (bicyclic) bond motifs is 1. The fraction of sp³-hybridized carbons (Fsp3) is 0.333. The summed E-state index contributed by atoms with van der Waals surface area (Å²) < 4.78 is 16.0. The van der Waals surface area contributed by atoms with Gasteiger partial charge >= 0.3 is 5.97 Å². The van der Waals surface area contributed by atoms with Crippen LogP contribution in [0.3, 0.4) is 0 Å². The second-order valence-corrected chi connectivity index (χ2v) is 8.69. The lowest BCUT2D eigenvalue weighted by Crippen LogP contribution is -2.18. The SMILES string of the molecule is Cc1cc(-n2c(C(C)C)c(CC3(C(=O)O)CC3)c3cc(N)c(C=N)cc32)ccc1F. The quantitative estimate of drug-likeness (QED) is 0.388. The number of aryl methyl sites for hydroxylation is 1. The molecule has 2 aromatic carbocycles. The fourth-order valence-electron chi connectivity index (χ4n) is 4.37. The first kappa shape index (κ1) is 20.1. The summed E-state index contributed by atoms with van der Waals surface area (Å²) in [6.45, 7) is 5.88. The van der Waals surface area contributed by atoms with Crippen molar-refractivity contribution in [3.8, 4) is 5.69 Å². The van der Waals surface area contributed by atoms with Crippen molar-refractivity contribution in [2.24, 2.45) is 5.41 Å². The molecular weight excluding hydrogens is 381 g/mol. The number of hydrogen-bond donors (Lipinski definition) is 3. The van der Waals surface area contributed by atoms with E-state index in [2.05, 4.69) is 18.4 Å². The van der Waals surface area contributed by atoms with Gasteiger partial charge in [0.05, 0.1) is 10.9 Å². The lowest BCUT2D eigenvalue weighted by molar-refractivity contribution is -0.143. The van der Waals surface area contributed by atoms with E-state index in [4.69, 9.17) is 11.1 Å². The van der Waals surface area contributed by atoms with Gasteiger partial charge in [-0.15, -0.1) is 0 Å². The molecule has 1 aromatic heterocycles. The Morgan fingerprint density at radius 1 is 1.33 bits per heavy atom. The first-order chi connectivity index (χ1) is 14.2. The molecule has 0 radical (unpaired) electrons. The van der Waals surface area contributed by atoms with Crippen molar-refractivity contribution in [1.82, 2.24) is 4.57 Å². The van der Waals surface area contributed by atoms with Gasteiger partial charge < -0.3 is 20.8 Å². The molecule has 5 nitrogen and oxygen atoms in total. The molecule has 1 fully saturated rings. The fourth-order valence-corrected chi connectivity index (χ4v) is 4.37. The molecule has 1 saturated carbocycles. The maximum absolute atomic E-state index is 14.0. The van der Waals surface area contributed by atoms with Gasteiger partial charge in [0.2, 0.25) is 0 Å². The zero-order valence-electron chi connectivity index (χ0n) is 17.4. The van der Waals surface area contributed by atoms with Crippen LogP contribution in [0.1, 0.15) is 55.0 Å². The van der Waals surface area contributed by atoms with Crippen molar-refractivity contribution in [2.75, 3.05) is 5.73 Å². The molecule has 0 unspecified atom stereocenters. The third-order valence-electron chi connectivity index (χ3n) is 6.24. The number of benzene rings is 2. The number of aromatic nitrogens is 1. The Bertz CT molecular complexity index is 1190. The highest BCUT2D eigenvalue weighted by Gasteiger charge is 2.51. The second kappa shape index (κ2) is 6.97. The molecule has 0 atom stereocenters. The maximum atomic E-state index is 14.0. The van der Waals surface area contributed by atoms with Crippen molar-refractivity contribution in [3.05, 3.63) is 58.5 Å². The van der Waals surface area contributed by atoms with E-state index in [1.165, 1.54) is 12.3 Å². The van der Waals surface area contributed by atoms with Crippen LogP contribution in [-0.2, 0) is 11.2 Å². The lowest BCUT2D eigenvalue weighted by atomic mass is 9.91. The Hall–Kier alpha value is -3.15.